The summed E-state index contributed by atoms with van der Waals surface area (Å²) in [4.78, 5) is 23.9. The molecule has 5 rings (SSSR count). The smallest absolute Gasteiger partial charge is 0.265 e. The van der Waals surface area contributed by atoms with E-state index in [0.717, 1.165) is 22.1 Å². The van der Waals surface area contributed by atoms with E-state index >= 15 is 0 Å². The molecule has 0 radical (unpaired) electrons. The van der Waals surface area contributed by atoms with Crippen molar-refractivity contribution >= 4 is 11.0 Å². The van der Waals surface area contributed by atoms with Crippen LogP contribution < -0.4 is 5.56 Å². The Kier molecular flexibility index (Phi) is 3.43. The molecule has 5 aromatic rings. The van der Waals surface area contributed by atoms with Gasteiger partial charge < -0.3 is 13.9 Å². The molecule has 1 N–H and O–H groups in total. The first-order valence-electron chi connectivity index (χ1n) is 8.25. The lowest BCUT2D eigenvalue weighted by Gasteiger charge is -2.00. The molecule has 3 heterocycles. The van der Waals surface area contributed by atoms with E-state index in [2.05, 4.69) is 20.1 Å². The zero-order chi connectivity index (χ0) is 18.2. The largest absolute Gasteiger partial charge is 0.464 e. The van der Waals surface area contributed by atoms with Gasteiger partial charge in [-0.05, 0) is 12.1 Å². The van der Waals surface area contributed by atoms with E-state index in [4.69, 9.17) is 8.94 Å². The Balaban J connectivity index is 1.55. The van der Waals surface area contributed by atoms with Crippen LogP contribution in [0.5, 0.6) is 0 Å². The highest BCUT2D eigenvalue weighted by atomic mass is 16.5. The van der Waals surface area contributed by atoms with Crippen LogP contribution in [-0.4, -0.2) is 20.1 Å². The first-order chi connectivity index (χ1) is 13.3. The highest BCUT2D eigenvalue weighted by molar-refractivity contribution is 5.92. The second-order valence-corrected chi connectivity index (χ2v) is 5.90. The Morgan fingerprint density at radius 2 is 1.81 bits per heavy atom. The monoisotopic (exact) mass is 356 g/mol. The number of benzene rings is 2. The van der Waals surface area contributed by atoms with Crippen LogP contribution in [0.4, 0.5) is 0 Å². The number of fused-ring (bicyclic) bond motifs is 1. The summed E-state index contributed by atoms with van der Waals surface area (Å²) in [7, 11) is 0. The second kappa shape index (κ2) is 6.06. The number of aromatic amines is 1. The van der Waals surface area contributed by atoms with Gasteiger partial charge in [-0.2, -0.15) is 4.98 Å². The summed E-state index contributed by atoms with van der Waals surface area (Å²) in [6, 6.07) is 16.8. The number of hydrogen-bond donors (Lipinski definition) is 1. The molecule has 0 amide bonds. The maximum absolute atomic E-state index is 12.5. The standard InChI is InChI=1S/C20H12N4O3/c25-19-15(11-21-17(22-19)12-5-2-1-3-6-12)20-23-18(24-27-20)14-7-4-8-16-13(14)9-10-26-16/h1-11H,(H,21,22,25). The van der Waals surface area contributed by atoms with E-state index in [1.165, 1.54) is 6.20 Å². The third kappa shape index (κ3) is 2.62. The maximum atomic E-state index is 12.5. The first-order valence-corrected chi connectivity index (χ1v) is 8.25. The Morgan fingerprint density at radius 3 is 2.67 bits per heavy atom. The molecule has 27 heavy (non-hydrogen) atoms. The highest BCUT2D eigenvalue weighted by Gasteiger charge is 2.17. The van der Waals surface area contributed by atoms with Gasteiger partial charge in [0.25, 0.3) is 11.4 Å². The van der Waals surface area contributed by atoms with Crippen LogP contribution >= 0.6 is 0 Å². The molecule has 0 unspecified atom stereocenters. The summed E-state index contributed by atoms with van der Waals surface area (Å²) in [6.07, 6.45) is 3.04. The molecule has 7 heteroatoms. The number of hydrogen-bond acceptors (Lipinski definition) is 6. The van der Waals surface area contributed by atoms with Crippen molar-refractivity contribution in [2.24, 2.45) is 0 Å². The van der Waals surface area contributed by atoms with E-state index in [1.54, 1.807) is 6.26 Å². The highest BCUT2D eigenvalue weighted by Crippen LogP contribution is 2.28. The molecule has 130 valence electrons. The normalized spacial score (nSPS) is 11.1. The summed E-state index contributed by atoms with van der Waals surface area (Å²) in [6.45, 7) is 0. The minimum atomic E-state index is -0.347. The lowest BCUT2D eigenvalue weighted by atomic mass is 10.1. The molecule has 0 fully saturated rings. The van der Waals surface area contributed by atoms with Crippen LogP contribution in [0, 0.1) is 0 Å². The lowest BCUT2D eigenvalue weighted by molar-refractivity contribution is 0.431. The average Bonchev–Trinajstić information content (AvgIpc) is 3.38. The fourth-order valence-corrected chi connectivity index (χ4v) is 2.92. The summed E-state index contributed by atoms with van der Waals surface area (Å²) >= 11 is 0. The van der Waals surface area contributed by atoms with Crippen molar-refractivity contribution in [2.45, 2.75) is 0 Å². The van der Waals surface area contributed by atoms with Crippen molar-refractivity contribution in [3.63, 3.8) is 0 Å². The van der Waals surface area contributed by atoms with Crippen molar-refractivity contribution in [2.75, 3.05) is 0 Å². The molecule has 2 aromatic carbocycles. The zero-order valence-electron chi connectivity index (χ0n) is 13.9. The van der Waals surface area contributed by atoms with Crippen LogP contribution in [0.25, 0.3) is 45.2 Å². The zero-order valence-corrected chi connectivity index (χ0v) is 13.9. The van der Waals surface area contributed by atoms with Gasteiger partial charge >= 0.3 is 0 Å². The molecule has 0 aliphatic heterocycles. The topological polar surface area (TPSA) is 97.8 Å². The molecule has 0 saturated carbocycles. The minimum absolute atomic E-state index is 0.110. The fourth-order valence-electron chi connectivity index (χ4n) is 2.92. The molecule has 0 bridgehead atoms. The minimum Gasteiger partial charge on any atom is -0.464 e. The van der Waals surface area contributed by atoms with Crippen molar-refractivity contribution in [1.82, 2.24) is 20.1 Å². The number of rotatable bonds is 3. The van der Waals surface area contributed by atoms with Crippen molar-refractivity contribution in [3.05, 3.63) is 77.4 Å². The number of nitrogens with one attached hydrogen (secondary N) is 1. The molecule has 7 nitrogen and oxygen atoms in total. The summed E-state index contributed by atoms with van der Waals surface area (Å²) in [5, 5.41) is 4.88. The van der Waals surface area contributed by atoms with Crippen LogP contribution in [0.2, 0.25) is 0 Å². The molecule has 3 aromatic heterocycles. The van der Waals surface area contributed by atoms with E-state index in [1.807, 2.05) is 54.6 Å². The SMILES string of the molecule is O=c1[nH]c(-c2ccccc2)ncc1-c1nc(-c2cccc3occc23)no1. The van der Waals surface area contributed by atoms with Crippen LogP contribution in [0.15, 0.2) is 80.8 Å². The van der Waals surface area contributed by atoms with E-state index in [0.29, 0.717) is 11.6 Å². The third-order valence-corrected chi connectivity index (χ3v) is 4.24. The third-order valence-electron chi connectivity index (χ3n) is 4.24. The van der Waals surface area contributed by atoms with Gasteiger partial charge in [-0.1, -0.05) is 47.6 Å². The molecular formula is C20H12N4O3. The predicted molar refractivity (Wildman–Crippen MR) is 98.8 cm³/mol. The Morgan fingerprint density at radius 1 is 0.926 bits per heavy atom. The van der Waals surface area contributed by atoms with Crippen molar-refractivity contribution < 1.29 is 8.94 Å². The predicted octanol–water partition coefficient (Wildman–Crippen LogP) is 3.90. The Hall–Kier alpha value is -4.00. The van der Waals surface area contributed by atoms with E-state index in [9.17, 15) is 4.79 Å². The van der Waals surface area contributed by atoms with Crippen LogP contribution in [0.3, 0.4) is 0 Å². The molecule has 0 atom stereocenters. The van der Waals surface area contributed by atoms with Gasteiger partial charge in [0.05, 0.1) is 6.26 Å². The van der Waals surface area contributed by atoms with Crippen molar-refractivity contribution in [1.29, 1.82) is 0 Å². The van der Waals surface area contributed by atoms with Gasteiger partial charge in [-0.3, -0.25) is 4.79 Å². The van der Waals surface area contributed by atoms with Crippen LogP contribution in [-0.2, 0) is 0 Å². The Labute approximate surface area is 152 Å². The van der Waals surface area contributed by atoms with E-state index < -0.39 is 0 Å². The molecular weight excluding hydrogens is 344 g/mol. The average molecular weight is 356 g/mol. The molecule has 0 aliphatic rings. The van der Waals surface area contributed by atoms with Gasteiger partial charge in [0.15, 0.2) is 0 Å². The molecule has 0 aliphatic carbocycles. The second-order valence-electron chi connectivity index (χ2n) is 5.90. The number of furan rings is 1. The van der Waals surface area contributed by atoms with Crippen LogP contribution in [0.1, 0.15) is 0 Å². The first kappa shape index (κ1) is 15.3. The fraction of sp³-hybridized carbons (Fsp3) is 0. The number of H-pyrrole nitrogens is 1. The van der Waals surface area contributed by atoms with Crippen molar-refractivity contribution in [3.8, 4) is 34.2 Å². The number of nitrogens with zero attached hydrogens (tertiary/aromatic N) is 3. The van der Waals surface area contributed by atoms with Gasteiger partial charge in [0.2, 0.25) is 5.82 Å². The molecule has 0 spiro atoms. The van der Waals surface area contributed by atoms with E-state index in [-0.39, 0.29) is 17.0 Å². The van der Waals surface area contributed by atoms with Gasteiger partial charge in [-0.25, -0.2) is 4.98 Å². The summed E-state index contributed by atoms with van der Waals surface area (Å²) in [5.74, 6) is 0.967. The number of aromatic nitrogens is 4. The quantitative estimate of drug-likeness (QED) is 0.526. The van der Waals surface area contributed by atoms with Gasteiger partial charge in [-0.15, -0.1) is 0 Å². The van der Waals surface area contributed by atoms with Gasteiger partial charge in [0.1, 0.15) is 17.0 Å². The summed E-state index contributed by atoms with van der Waals surface area (Å²) in [5.41, 5.74) is 2.18. The lowest BCUT2D eigenvalue weighted by Crippen LogP contribution is -2.11. The summed E-state index contributed by atoms with van der Waals surface area (Å²) < 4.78 is 10.7. The van der Waals surface area contributed by atoms with Gasteiger partial charge in [0, 0.05) is 22.7 Å². The maximum Gasteiger partial charge on any atom is 0.265 e. The molecule has 0 saturated heterocycles. The Bertz CT molecular complexity index is 1300.